The highest BCUT2D eigenvalue weighted by Crippen LogP contribution is 2.49. The highest BCUT2D eigenvalue weighted by molar-refractivity contribution is 9.12. The number of ketones is 2. The van der Waals surface area contributed by atoms with Gasteiger partial charge in [-0.2, -0.15) is 11.3 Å². The summed E-state index contributed by atoms with van der Waals surface area (Å²) in [5.41, 5.74) is 1.64. The second-order valence-electron chi connectivity index (χ2n) is 4.02. The lowest BCUT2D eigenvalue weighted by Crippen LogP contribution is -2.16. The van der Waals surface area contributed by atoms with Crippen LogP contribution >= 0.6 is 65.9 Å². The molecule has 0 N–H and O–H groups in total. The first kappa shape index (κ1) is 12.4. The van der Waals surface area contributed by atoms with Gasteiger partial charge in [-0.05, 0) is 31.9 Å². The van der Waals surface area contributed by atoms with Crippen LogP contribution in [-0.4, -0.2) is 11.6 Å². The van der Waals surface area contributed by atoms with Gasteiger partial charge in [0.2, 0.25) is 5.78 Å². The minimum absolute atomic E-state index is 0.0316. The molecule has 0 fully saturated rings. The van der Waals surface area contributed by atoms with Crippen molar-refractivity contribution in [2.75, 3.05) is 0 Å². The van der Waals surface area contributed by atoms with Crippen LogP contribution in [0.5, 0.6) is 0 Å². The van der Waals surface area contributed by atoms with Crippen molar-refractivity contribution in [2.24, 2.45) is 0 Å². The summed E-state index contributed by atoms with van der Waals surface area (Å²) in [7, 11) is 0. The molecule has 0 atom stereocenters. The quantitative estimate of drug-likeness (QED) is 0.375. The third kappa shape index (κ3) is 1.50. The van der Waals surface area contributed by atoms with Gasteiger partial charge in [0.15, 0.2) is 5.78 Å². The molecule has 0 aromatic carbocycles. The van der Waals surface area contributed by atoms with E-state index in [1.165, 1.54) is 34.0 Å². The summed E-state index contributed by atoms with van der Waals surface area (Å²) in [6.45, 7) is 0. The zero-order valence-electron chi connectivity index (χ0n) is 8.95. The molecular weight excluding hydrogens is 432 g/mol. The lowest BCUT2D eigenvalue weighted by atomic mass is 9.91. The van der Waals surface area contributed by atoms with E-state index in [4.69, 9.17) is 0 Å². The standard InChI is InChI=1S/C12H2Br2O2S3/c13-11-6-5-7(15)3-1-17-2-4(3)8(16)9(5)18-10(6)12(14)19-11/h1-2H. The number of hydrogen-bond acceptors (Lipinski definition) is 5. The number of halogens is 2. The lowest BCUT2D eigenvalue weighted by Gasteiger charge is -2.10. The normalized spacial score (nSPS) is 14.0. The topological polar surface area (TPSA) is 34.1 Å². The molecule has 0 aliphatic heterocycles. The summed E-state index contributed by atoms with van der Waals surface area (Å²) >= 11 is 11.3. The van der Waals surface area contributed by atoms with E-state index in [-0.39, 0.29) is 11.6 Å². The van der Waals surface area contributed by atoms with Crippen molar-refractivity contribution in [2.45, 2.75) is 0 Å². The second-order valence-corrected chi connectivity index (χ2v) is 9.44. The van der Waals surface area contributed by atoms with Crippen molar-refractivity contribution in [3.8, 4) is 0 Å². The number of hydrogen-bond donors (Lipinski definition) is 0. The average molecular weight is 434 g/mol. The SMILES string of the molecule is O=C1c2cscc2C(=O)c2c1sc1c(Br)sc(Br)c21. The van der Waals surface area contributed by atoms with Crippen molar-refractivity contribution in [3.05, 3.63) is 39.9 Å². The molecule has 0 saturated heterocycles. The van der Waals surface area contributed by atoms with Crippen molar-refractivity contribution >= 4 is 87.5 Å². The van der Waals surface area contributed by atoms with Crippen LogP contribution in [0.2, 0.25) is 0 Å². The molecule has 7 heteroatoms. The molecule has 3 aromatic heterocycles. The Morgan fingerprint density at radius 3 is 2.32 bits per heavy atom. The van der Waals surface area contributed by atoms with Crippen LogP contribution in [0.1, 0.15) is 31.2 Å². The molecule has 1 aliphatic carbocycles. The molecule has 0 bridgehead atoms. The number of carbonyl (C=O) groups is 2. The summed E-state index contributed by atoms with van der Waals surface area (Å²) in [5, 5.41) is 4.39. The van der Waals surface area contributed by atoms with Crippen LogP contribution in [0.25, 0.3) is 10.1 Å². The van der Waals surface area contributed by atoms with Gasteiger partial charge in [0.05, 0.1) is 22.7 Å². The van der Waals surface area contributed by atoms with E-state index in [0.717, 1.165) is 17.7 Å². The van der Waals surface area contributed by atoms with E-state index < -0.39 is 0 Å². The first-order valence-electron chi connectivity index (χ1n) is 5.15. The fourth-order valence-electron chi connectivity index (χ4n) is 2.22. The minimum atomic E-state index is -0.0388. The highest BCUT2D eigenvalue weighted by Gasteiger charge is 2.35. The minimum Gasteiger partial charge on any atom is -0.288 e. The number of rotatable bonds is 0. The van der Waals surface area contributed by atoms with Gasteiger partial charge in [-0.3, -0.25) is 9.59 Å². The van der Waals surface area contributed by atoms with E-state index in [9.17, 15) is 9.59 Å². The molecule has 0 amide bonds. The molecule has 4 rings (SSSR count). The van der Waals surface area contributed by atoms with Gasteiger partial charge < -0.3 is 0 Å². The van der Waals surface area contributed by atoms with Gasteiger partial charge in [-0.1, -0.05) is 0 Å². The Balaban J connectivity index is 2.17. The van der Waals surface area contributed by atoms with E-state index >= 15 is 0 Å². The highest BCUT2D eigenvalue weighted by atomic mass is 79.9. The van der Waals surface area contributed by atoms with Crippen molar-refractivity contribution in [1.82, 2.24) is 0 Å². The predicted molar refractivity (Wildman–Crippen MR) is 86.3 cm³/mol. The molecule has 2 nitrogen and oxygen atoms in total. The van der Waals surface area contributed by atoms with Gasteiger partial charge in [-0.25, -0.2) is 0 Å². The molecule has 19 heavy (non-hydrogen) atoms. The van der Waals surface area contributed by atoms with Crippen molar-refractivity contribution in [1.29, 1.82) is 0 Å². The smallest absolute Gasteiger partial charge is 0.205 e. The molecule has 3 heterocycles. The number of thiophene rings is 3. The molecule has 94 valence electrons. The maximum atomic E-state index is 12.6. The molecule has 1 aliphatic rings. The number of fused-ring (bicyclic) bond motifs is 4. The Morgan fingerprint density at radius 2 is 1.58 bits per heavy atom. The molecule has 0 saturated carbocycles. The molecule has 0 spiro atoms. The first-order valence-corrected chi connectivity index (χ1v) is 9.31. The van der Waals surface area contributed by atoms with E-state index in [2.05, 4.69) is 31.9 Å². The Kier molecular flexibility index (Phi) is 2.66. The predicted octanol–water partition coefficient (Wildman–Crippen LogP) is 5.32. The van der Waals surface area contributed by atoms with Gasteiger partial charge in [0.25, 0.3) is 0 Å². The zero-order chi connectivity index (χ0) is 13.3. The molecule has 0 unspecified atom stereocenters. The monoisotopic (exact) mass is 432 g/mol. The van der Waals surface area contributed by atoms with Crippen LogP contribution in [0.3, 0.4) is 0 Å². The summed E-state index contributed by atoms with van der Waals surface area (Å²) in [6.07, 6.45) is 0. The summed E-state index contributed by atoms with van der Waals surface area (Å²) in [6, 6.07) is 0. The van der Waals surface area contributed by atoms with Crippen LogP contribution in [0.4, 0.5) is 0 Å². The van der Waals surface area contributed by atoms with Gasteiger partial charge in [0.1, 0.15) is 0 Å². The molecular formula is C12H2Br2O2S3. The maximum absolute atomic E-state index is 12.6. The third-order valence-electron chi connectivity index (χ3n) is 3.05. The molecule has 3 aromatic rings. The van der Waals surface area contributed by atoms with Crippen molar-refractivity contribution in [3.63, 3.8) is 0 Å². The van der Waals surface area contributed by atoms with Crippen molar-refractivity contribution < 1.29 is 9.59 Å². The van der Waals surface area contributed by atoms with Gasteiger partial charge >= 0.3 is 0 Å². The fraction of sp³-hybridized carbons (Fsp3) is 0. The Morgan fingerprint density at radius 1 is 0.895 bits per heavy atom. The zero-order valence-corrected chi connectivity index (χ0v) is 14.6. The van der Waals surface area contributed by atoms with E-state index in [1.54, 1.807) is 10.8 Å². The lowest BCUT2D eigenvalue weighted by molar-refractivity contribution is 0.0984. The van der Waals surface area contributed by atoms with Gasteiger partial charge in [-0.15, -0.1) is 22.7 Å². The Labute approximate surface area is 136 Å². The van der Waals surface area contributed by atoms with Crippen LogP contribution in [0.15, 0.2) is 18.3 Å². The third-order valence-corrected chi connectivity index (χ3v) is 7.92. The summed E-state index contributed by atoms with van der Waals surface area (Å²) in [5.74, 6) is -0.0704. The maximum Gasteiger partial charge on any atom is 0.205 e. The first-order chi connectivity index (χ1) is 9.09. The molecule has 0 radical (unpaired) electrons. The summed E-state index contributed by atoms with van der Waals surface area (Å²) < 4.78 is 2.82. The Bertz CT molecular complexity index is 884. The van der Waals surface area contributed by atoms with Crippen LogP contribution in [0, 0.1) is 0 Å². The van der Waals surface area contributed by atoms with Crippen LogP contribution in [-0.2, 0) is 0 Å². The second kappa shape index (κ2) is 4.08. The van der Waals surface area contributed by atoms with E-state index in [0.29, 0.717) is 21.6 Å². The average Bonchev–Trinajstić information content (AvgIpc) is 3.04. The van der Waals surface area contributed by atoms with Crippen LogP contribution < -0.4 is 0 Å². The number of carbonyl (C=O) groups excluding carboxylic acids is 2. The fourth-order valence-corrected chi connectivity index (χ4v) is 7.68. The van der Waals surface area contributed by atoms with Gasteiger partial charge in [0, 0.05) is 27.3 Å². The Hall–Kier alpha value is -0.340. The largest absolute Gasteiger partial charge is 0.288 e. The summed E-state index contributed by atoms with van der Waals surface area (Å²) in [4.78, 5) is 25.6. The van der Waals surface area contributed by atoms with E-state index in [1.807, 2.05) is 0 Å².